The fourth-order valence-electron chi connectivity index (χ4n) is 4.81. The van der Waals surface area contributed by atoms with Crippen molar-refractivity contribution in [3.05, 3.63) is 54.2 Å². The lowest BCUT2D eigenvalue weighted by molar-refractivity contribution is 0.0927. The minimum atomic E-state index is -3.21. The van der Waals surface area contributed by atoms with E-state index in [4.69, 9.17) is 0 Å². The number of rotatable bonds is 4. The third-order valence-corrected chi connectivity index (χ3v) is 8.33. The second-order valence-electron chi connectivity index (χ2n) is 9.96. The van der Waals surface area contributed by atoms with Crippen molar-refractivity contribution in [1.82, 2.24) is 19.1 Å². The van der Waals surface area contributed by atoms with Gasteiger partial charge in [0.05, 0.1) is 35.0 Å². The number of sulfonamides is 1. The molecule has 0 bridgehead atoms. The van der Waals surface area contributed by atoms with Crippen LogP contribution in [0.1, 0.15) is 31.1 Å². The van der Waals surface area contributed by atoms with Crippen LogP contribution in [0.5, 0.6) is 0 Å². The molecule has 0 atom stereocenters. The minimum absolute atomic E-state index is 0.215. The lowest BCUT2D eigenvalue weighted by Crippen LogP contribution is -2.48. The molecule has 0 radical (unpaired) electrons. The number of pyridine rings is 1. The van der Waals surface area contributed by atoms with Gasteiger partial charge in [-0.3, -0.25) is 9.78 Å². The number of carbonyl (C=O) groups is 1. The predicted octanol–water partition coefficient (Wildman–Crippen LogP) is 3.79. The summed E-state index contributed by atoms with van der Waals surface area (Å²) < 4.78 is 26.7. The summed E-state index contributed by atoms with van der Waals surface area (Å²) in [5.41, 5.74) is 4.14. The van der Waals surface area contributed by atoms with Crippen molar-refractivity contribution >= 4 is 43.4 Å². The van der Waals surface area contributed by atoms with Crippen molar-refractivity contribution in [3.8, 4) is 17.3 Å². The zero-order valence-corrected chi connectivity index (χ0v) is 22.1. The predicted molar refractivity (Wildman–Crippen MR) is 144 cm³/mol. The first-order valence-electron chi connectivity index (χ1n) is 12.0. The molecule has 1 fully saturated rings. The maximum Gasteiger partial charge on any atom is 0.244 e. The van der Waals surface area contributed by atoms with Crippen molar-refractivity contribution in [1.29, 1.82) is 5.26 Å². The standard InChI is InChI=1S/C27H28N6O3S/c1-18(34)33-24-16-29-23-10-9-21(31-11-13-32(14-12-31)37(4,35)36)15-22(23)25(24)26(30-33)19-5-7-20(8-6-19)27(2,3)17-28/h5-10,15-16H,11-14H2,1-4H3. The first kappa shape index (κ1) is 24.9. The third-order valence-electron chi connectivity index (χ3n) is 7.03. The van der Waals surface area contributed by atoms with Gasteiger partial charge in [-0.05, 0) is 37.6 Å². The normalized spacial score (nSPS) is 15.3. The Morgan fingerprint density at radius 3 is 2.32 bits per heavy atom. The second-order valence-corrected chi connectivity index (χ2v) is 11.9. The smallest absolute Gasteiger partial charge is 0.244 e. The van der Waals surface area contributed by atoms with Gasteiger partial charge in [0.15, 0.2) is 0 Å². The van der Waals surface area contributed by atoms with E-state index in [9.17, 15) is 18.5 Å². The Balaban J connectivity index is 1.64. The minimum Gasteiger partial charge on any atom is -0.369 e. The average Bonchev–Trinajstić information content (AvgIpc) is 3.29. The summed E-state index contributed by atoms with van der Waals surface area (Å²) in [6, 6.07) is 16.0. The van der Waals surface area contributed by atoms with E-state index in [1.165, 1.54) is 22.2 Å². The zero-order chi connectivity index (χ0) is 26.5. The first-order chi connectivity index (χ1) is 17.5. The van der Waals surface area contributed by atoms with Crippen LogP contribution in [0.2, 0.25) is 0 Å². The quantitative estimate of drug-likeness (QED) is 0.406. The molecule has 1 aliphatic rings. The van der Waals surface area contributed by atoms with Gasteiger partial charge in [0.25, 0.3) is 0 Å². The highest BCUT2D eigenvalue weighted by Gasteiger charge is 2.25. The summed E-state index contributed by atoms with van der Waals surface area (Å²) in [5, 5.41) is 15.9. The highest BCUT2D eigenvalue weighted by atomic mass is 32.2. The topological polar surface area (TPSA) is 112 Å². The van der Waals surface area contributed by atoms with E-state index in [1.54, 1.807) is 6.20 Å². The maximum atomic E-state index is 12.5. The van der Waals surface area contributed by atoms with E-state index in [0.29, 0.717) is 37.4 Å². The van der Waals surface area contributed by atoms with Gasteiger partial charge in [0.1, 0.15) is 5.69 Å². The van der Waals surface area contributed by atoms with Gasteiger partial charge in [-0.2, -0.15) is 19.3 Å². The molecule has 2 aromatic carbocycles. The van der Waals surface area contributed by atoms with Crippen LogP contribution in [0.25, 0.3) is 33.1 Å². The molecule has 37 heavy (non-hydrogen) atoms. The molecule has 1 saturated heterocycles. The second kappa shape index (κ2) is 8.94. The molecule has 10 heteroatoms. The molecule has 190 valence electrons. The number of nitriles is 1. The third kappa shape index (κ3) is 4.45. The van der Waals surface area contributed by atoms with Crippen LogP contribution < -0.4 is 4.90 Å². The molecule has 3 heterocycles. The Hall–Kier alpha value is -3.81. The molecule has 0 spiro atoms. The Morgan fingerprint density at radius 2 is 1.73 bits per heavy atom. The van der Waals surface area contributed by atoms with Crippen molar-refractivity contribution in [2.24, 2.45) is 0 Å². The molecule has 0 saturated carbocycles. The molecular formula is C27H28N6O3S. The molecule has 4 aromatic rings. The molecule has 5 rings (SSSR count). The molecule has 0 aliphatic carbocycles. The Bertz CT molecular complexity index is 1680. The number of benzene rings is 2. The van der Waals surface area contributed by atoms with Gasteiger partial charge in [-0.25, -0.2) is 8.42 Å². The molecule has 0 N–H and O–H groups in total. The highest BCUT2D eigenvalue weighted by molar-refractivity contribution is 7.88. The van der Waals surface area contributed by atoms with Crippen molar-refractivity contribution in [3.63, 3.8) is 0 Å². The molecule has 0 amide bonds. The molecule has 9 nitrogen and oxygen atoms in total. The van der Waals surface area contributed by atoms with Crippen LogP contribution in [0.4, 0.5) is 5.69 Å². The Morgan fingerprint density at radius 1 is 1.05 bits per heavy atom. The highest BCUT2D eigenvalue weighted by Crippen LogP contribution is 2.36. The van der Waals surface area contributed by atoms with E-state index in [0.717, 1.165) is 33.1 Å². The van der Waals surface area contributed by atoms with E-state index >= 15 is 0 Å². The van der Waals surface area contributed by atoms with Crippen LogP contribution in [0.15, 0.2) is 48.7 Å². The van der Waals surface area contributed by atoms with E-state index < -0.39 is 15.4 Å². The van der Waals surface area contributed by atoms with E-state index in [-0.39, 0.29) is 5.91 Å². The van der Waals surface area contributed by atoms with E-state index in [2.05, 4.69) is 21.1 Å². The number of anilines is 1. The van der Waals surface area contributed by atoms with Crippen LogP contribution in [-0.4, -0.2) is 65.8 Å². The lowest BCUT2D eigenvalue weighted by Gasteiger charge is -2.34. The van der Waals surface area contributed by atoms with Crippen molar-refractivity contribution in [2.75, 3.05) is 37.3 Å². The van der Waals surface area contributed by atoms with Crippen LogP contribution in [-0.2, 0) is 15.4 Å². The van der Waals surface area contributed by atoms with Gasteiger partial charge in [-0.1, -0.05) is 24.3 Å². The fourth-order valence-corrected chi connectivity index (χ4v) is 5.64. The number of hydrogen-bond acceptors (Lipinski definition) is 7. The number of fused-ring (bicyclic) bond motifs is 3. The monoisotopic (exact) mass is 516 g/mol. The molecule has 1 aliphatic heterocycles. The summed E-state index contributed by atoms with van der Waals surface area (Å²) in [5.74, 6) is -0.215. The van der Waals surface area contributed by atoms with Crippen molar-refractivity contribution in [2.45, 2.75) is 26.2 Å². The SMILES string of the molecule is CC(=O)n1nc(-c2ccc(C(C)(C)C#N)cc2)c2c3cc(N4CCN(S(C)(=O)=O)CC4)ccc3ncc21. The van der Waals surface area contributed by atoms with Crippen LogP contribution >= 0.6 is 0 Å². The molecule has 2 aromatic heterocycles. The summed E-state index contributed by atoms with van der Waals surface area (Å²) in [7, 11) is -3.21. The summed E-state index contributed by atoms with van der Waals surface area (Å²) in [4.78, 5) is 19.2. The Kier molecular flexibility index (Phi) is 6.01. The summed E-state index contributed by atoms with van der Waals surface area (Å²) in [6.45, 7) is 7.24. The first-order valence-corrected chi connectivity index (χ1v) is 13.9. The number of hydrogen-bond donors (Lipinski definition) is 0. The number of aromatic nitrogens is 3. The molecular weight excluding hydrogens is 488 g/mol. The van der Waals surface area contributed by atoms with Crippen LogP contribution in [0.3, 0.4) is 0 Å². The van der Waals surface area contributed by atoms with Gasteiger partial charge >= 0.3 is 0 Å². The fraction of sp³-hybridized carbons (Fsp3) is 0.333. The number of carbonyl (C=O) groups excluding carboxylic acids is 1. The summed E-state index contributed by atoms with van der Waals surface area (Å²) in [6.07, 6.45) is 2.91. The average molecular weight is 517 g/mol. The van der Waals surface area contributed by atoms with Crippen molar-refractivity contribution < 1.29 is 13.2 Å². The van der Waals surface area contributed by atoms with Gasteiger partial charge in [0.2, 0.25) is 15.9 Å². The van der Waals surface area contributed by atoms with Gasteiger partial charge in [-0.15, -0.1) is 0 Å². The largest absolute Gasteiger partial charge is 0.369 e. The van der Waals surface area contributed by atoms with Crippen LogP contribution in [0, 0.1) is 11.3 Å². The maximum absolute atomic E-state index is 12.5. The van der Waals surface area contributed by atoms with Gasteiger partial charge < -0.3 is 4.90 Å². The number of piperazine rings is 1. The lowest BCUT2D eigenvalue weighted by atomic mass is 9.86. The summed E-state index contributed by atoms with van der Waals surface area (Å²) >= 11 is 0. The van der Waals surface area contributed by atoms with Gasteiger partial charge in [0, 0.05) is 55.1 Å². The number of nitrogens with zero attached hydrogens (tertiary/aromatic N) is 6. The Labute approximate surface area is 216 Å². The zero-order valence-electron chi connectivity index (χ0n) is 21.3. The molecule has 0 unspecified atom stereocenters. The van der Waals surface area contributed by atoms with E-state index in [1.807, 2.05) is 56.3 Å².